The van der Waals surface area contributed by atoms with Gasteiger partial charge in [-0.25, -0.2) is 0 Å². The topological polar surface area (TPSA) is 60.9 Å². The Morgan fingerprint density at radius 2 is 2.40 bits per heavy atom. The number of carbonyl (C=O) groups is 1. The second-order valence-electron chi connectivity index (χ2n) is 3.66. The minimum atomic E-state index is 0.000231. The molecule has 1 aromatic heterocycles. The molecular weight excluding hydrogens is 258 g/mol. The van der Waals surface area contributed by atoms with E-state index in [0.29, 0.717) is 12.2 Å². The van der Waals surface area contributed by atoms with Gasteiger partial charge in [0.1, 0.15) is 5.69 Å². The van der Waals surface area contributed by atoms with Gasteiger partial charge in [0, 0.05) is 13.0 Å². The normalized spacial score (nSPS) is 12.8. The van der Waals surface area contributed by atoms with Crippen LogP contribution >= 0.6 is 15.9 Å². The molecule has 0 spiro atoms. The van der Waals surface area contributed by atoms with E-state index >= 15 is 0 Å². The molecule has 0 amide bonds. The number of nitrogens with zero attached hydrogens (tertiary/aromatic N) is 2. The van der Waals surface area contributed by atoms with Crippen molar-refractivity contribution in [1.82, 2.24) is 9.78 Å². The molecule has 5 heteroatoms. The summed E-state index contributed by atoms with van der Waals surface area (Å²) < 4.78 is 2.36. The maximum absolute atomic E-state index is 12.0. The highest BCUT2D eigenvalue weighted by molar-refractivity contribution is 9.10. The summed E-state index contributed by atoms with van der Waals surface area (Å²) in [6, 6.07) is 0. The molecule has 0 radical (unpaired) electrons. The summed E-state index contributed by atoms with van der Waals surface area (Å²) in [7, 11) is 1.77. The van der Waals surface area contributed by atoms with Gasteiger partial charge in [-0.05, 0) is 35.3 Å². The van der Waals surface area contributed by atoms with Gasteiger partial charge in [0.05, 0.1) is 10.7 Å². The highest BCUT2D eigenvalue weighted by atomic mass is 79.9. The van der Waals surface area contributed by atoms with Crippen LogP contribution in [0, 0.1) is 5.92 Å². The van der Waals surface area contributed by atoms with Crippen molar-refractivity contribution in [3.63, 3.8) is 0 Å². The van der Waals surface area contributed by atoms with Crippen LogP contribution in [0.5, 0.6) is 0 Å². The lowest BCUT2D eigenvalue weighted by Gasteiger charge is -2.10. The van der Waals surface area contributed by atoms with Gasteiger partial charge in [-0.1, -0.05) is 6.92 Å². The van der Waals surface area contributed by atoms with E-state index in [2.05, 4.69) is 21.0 Å². The number of carbonyl (C=O) groups excluding carboxylic acids is 1. The molecule has 1 unspecified atom stereocenters. The number of hydrogen-bond donors (Lipinski definition) is 1. The predicted molar refractivity (Wildman–Crippen MR) is 62.7 cm³/mol. The van der Waals surface area contributed by atoms with Crippen molar-refractivity contribution >= 4 is 21.7 Å². The zero-order chi connectivity index (χ0) is 11.4. The number of Topliss-reactive ketones (excluding diaryl/α,β-unsaturated/α-hetero) is 1. The molecule has 1 aromatic rings. The lowest BCUT2D eigenvalue weighted by Crippen LogP contribution is -2.17. The van der Waals surface area contributed by atoms with Crippen molar-refractivity contribution in [2.24, 2.45) is 18.7 Å². The van der Waals surface area contributed by atoms with Gasteiger partial charge in [0.15, 0.2) is 5.78 Å². The lowest BCUT2D eigenvalue weighted by molar-refractivity contribution is 0.0913. The first kappa shape index (κ1) is 12.4. The Morgan fingerprint density at radius 1 is 1.73 bits per heavy atom. The molecule has 0 aliphatic heterocycles. The predicted octanol–water partition coefficient (Wildman–Crippen LogP) is 1.74. The standard InChI is InChI=1S/C10H16BrN3O/c1-7(4-3-5-12)10(15)9-8(11)6-13-14(9)2/h6-7H,3-5,12H2,1-2H3. The fraction of sp³-hybridized carbons (Fsp3) is 0.600. The van der Waals surface area contributed by atoms with E-state index in [1.165, 1.54) is 0 Å². The second kappa shape index (κ2) is 5.42. The summed E-state index contributed by atoms with van der Waals surface area (Å²) in [5.41, 5.74) is 6.06. The van der Waals surface area contributed by atoms with E-state index in [1.807, 2.05) is 6.92 Å². The Bertz CT molecular complexity index is 329. The molecule has 0 bridgehead atoms. The molecule has 0 fully saturated rings. The van der Waals surface area contributed by atoms with Crippen molar-refractivity contribution < 1.29 is 4.79 Å². The summed E-state index contributed by atoms with van der Waals surface area (Å²) >= 11 is 3.33. The van der Waals surface area contributed by atoms with Crippen molar-refractivity contribution in [2.75, 3.05) is 6.54 Å². The molecule has 1 atom stereocenters. The summed E-state index contributed by atoms with van der Waals surface area (Å²) in [5, 5.41) is 4.02. The third-order valence-corrected chi connectivity index (χ3v) is 3.00. The zero-order valence-electron chi connectivity index (χ0n) is 9.03. The Morgan fingerprint density at radius 3 is 2.87 bits per heavy atom. The average molecular weight is 274 g/mol. The van der Waals surface area contributed by atoms with Crippen LogP contribution in [0.3, 0.4) is 0 Å². The molecular formula is C10H16BrN3O. The second-order valence-corrected chi connectivity index (χ2v) is 4.52. The van der Waals surface area contributed by atoms with Crippen LogP contribution in [0.25, 0.3) is 0 Å². The maximum Gasteiger partial charge on any atom is 0.184 e. The average Bonchev–Trinajstić information content (AvgIpc) is 2.54. The molecule has 2 N–H and O–H groups in total. The number of hydrogen-bond acceptors (Lipinski definition) is 3. The number of halogens is 1. The van der Waals surface area contributed by atoms with Crippen LogP contribution in [0.4, 0.5) is 0 Å². The van der Waals surface area contributed by atoms with Crippen LogP contribution in [0.2, 0.25) is 0 Å². The highest BCUT2D eigenvalue weighted by Crippen LogP contribution is 2.20. The molecule has 0 aliphatic rings. The van der Waals surface area contributed by atoms with Crippen molar-refractivity contribution in [3.8, 4) is 0 Å². The Kier molecular flexibility index (Phi) is 4.47. The minimum Gasteiger partial charge on any atom is -0.330 e. The number of rotatable bonds is 5. The Balaban J connectivity index is 2.76. The third-order valence-electron chi connectivity index (χ3n) is 2.42. The monoisotopic (exact) mass is 273 g/mol. The van der Waals surface area contributed by atoms with E-state index in [9.17, 15) is 4.79 Å². The quantitative estimate of drug-likeness (QED) is 0.832. The maximum atomic E-state index is 12.0. The molecule has 0 aliphatic carbocycles. The number of aromatic nitrogens is 2. The van der Waals surface area contributed by atoms with Gasteiger partial charge >= 0.3 is 0 Å². The number of ketones is 1. The van der Waals surface area contributed by atoms with E-state index in [4.69, 9.17) is 5.73 Å². The van der Waals surface area contributed by atoms with E-state index in [1.54, 1.807) is 17.9 Å². The fourth-order valence-electron chi connectivity index (χ4n) is 1.48. The Hall–Kier alpha value is -0.680. The highest BCUT2D eigenvalue weighted by Gasteiger charge is 2.20. The van der Waals surface area contributed by atoms with Gasteiger partial charge in [-0.2, -0.15) is 5.10 Å². The first-order valence-corrected chi connectivity index (χ1v) is 5.79. The van der Waals surface area contributed by atoms with Gasteiger partial charge in [0.2, 0.25) is 0 Å². The molecule has 0 saturated carbocycles. The van der Waals surface area contributed by atoms with Crippen LogP contribution in [-0.2, 0) is 7.05 Å². The van der Waals surface area contributed by atoms with E-state index in [0.717, 1.165) is 17.3 Å². The number of aryl methyl sites for hydroxylation is 1. The van der Waals surface area contributed by atoms with Gasteiger partial charge in [-0.15, -0.1) is 0 Å². The first-order valence-electron chi connectivity index (χ1n) is 4.99. The van der Waals surface area contributed by atoms with Crippen molar-refractivity contribution in [1.29, 1.82) is 0 Å². The molecule has 0 saturated heterocycles. The molecule has 1 heterocycles. The molecule has 4 nitrogen and oxygen atoms in total. The summed E-state index contributed by atoms with van der Waals surface area (Å²) in [6.45, 7) is 2.56. The van der Waals surface area contributed by atoms with Crippen LogP contribution < -0.4 is 5.73 Å². The summed E-state index contributed by atoms with van der Waals surface area (Å²) in [6.07, 6.45) is 3.35. The van der Waals surface area contributed by atoms with Crippen molar-refractivity contribution in [2.45, 2.75) is 19.8 Å². The van der Waals surface area contributed by atoms with E-state index in [-0.39, 0.29) is 11.7 Å². The summed E-state index contributed by atoms with van der Waals surface area (Å²) in [4.78, 5) is 12.0. The summed E-state index contributed by atoms with van der Waals surface area (Å²) in [5.74, 6) is 0.121. The minimum absolute atomic E-state index is 0.000231. The van der Waals surface area contributed by atoms with E-state index < -0.39 is 0 Å². The van der Waals surface area contributed by atoms with Crippen LogP contribution in [0.1, 0.15) is 30.3 Å². The SMILES string of the molecule is CC(CCCN)C(=O)c1c(Br)cnn1C. The van der Waals surface area contributed by atoms with Gasteiger partial charge < -0.3 is 5.73 Å². The van der Waals surface area contributed by atoms with Gasteiger partial charge in [0.25, 0.3) is 0 Å². The first-order chi connectivity index (χ1) is 7.07. The fourth-order valence-corrected chi connectivity index (χ4v) is 2.02. The van der Waals surface area contributed by atoms with Crippen molar-refractivity contribution in [3.05, 3.63) is 16.4 Å². The molecule has 15 heavy (non-hydrogen) atoms. The Labute approximate surface area is 98.0 Å². The number of nitrogens with two attached hydrogens (primary N) is 1. The largest absolute Gasteiger partial charge is 0.330 e. The molecule has 0 aromatic carbocycles. The lowest BCUT2D eigenvalue weighted by atomic mass is 9.98. The van der Waals surface area contributed by atoms with Gasteiger partial charge in [-0.3, -0.25) is 9.48 Å². The zero-order valence-corrected chi connectivity index (χ0v) is 10.6. The smallest absolute Gasteiger partial charge is 0.184 e. The molecule has 84 valence electrons. The van der Waals surface area contributed by atoms with Crippen LogP contribution in [0.15, 0.2) is 10.7 Å². The van der Waals surface area contributed by atoms with Crippen LogP contribution in [-0.4, -0.2) is 22.1 Å². The molecule has 1 rings (SSSR count). The third kappa shape index (κ3) is 2.89.